The molecule has 2 rings (SSSR count). The monoisotopic (exact) mass is 214 g/mol. The average molecular weight is 214 g/mol. The molecule has 0 aromatic carbocycles. The Bertz CT molecular complexity index is 471. The van der Waals surface area contributed by atoms with Crippen LogP contribution in [0.2, 0.25) is 0 Å². The van der Waals surface area contributed by atoms with Gasteiger partial charge in [0.2, 0.25) is 0 Å². The van der Waals surface area contributed by atoms with Crippen LogP contribution in [0.3, 0.4) is 0 Å². The maximum absolute atomic E-state index is 5.90. The van der Waals surface area contributed by atoms with Gasteiger partial charge in [-0.3, -0.25) is 4.98 Å². The summed E-state index contributed by atoms with van der Waals surface area (Å²) in [5, 5.41) is 0. The van der Waals surface area contributed by atoms with Crippen LogP contribution in [0.25, 0.3) is 11.4 Å². The van der Waals surface area contributed by atoms with Crippen molar-refractivity contribution in [1.82, 2.24) is 15.0 Å². The Morgan fingerprint density at radius 3 is 2.44 bits per heavy atom. The summed E-state index contributed by atoms with van der Waals surface area (Å²) in [7, 11) is 0. The summed E-state index contributed by atoms with van der Waals surface area (Å²) in [5.74, 6) is 1.23. The first kappa shape index (κ1) is 10.5. The van der Waals surface area contributed by atoms with Gasteiger partial charge < -0.3 is 5.73 Å². The van der Waals surface area contributed by atoms with Crippen LogP contribution >= 0.6 is 0 Å². The SMILES string of the molecule is CCc1c(C)nc(-c2ccncc2)nc1N. The van der Waals surface area contributed by atoms with E-state index >= 15 is 0 Å². The molecule has 0 aliphatic rings. The van der Waals surface area contributed by atoms with Crippen LogP contribution in [0.4, 0.5) is 5.82 Å². The van der Waals surface area contributed by atoms with Crippen LogP contribution in [-0.2, 0) is 6.42 Å². The van der Waals surface area contributed by atoms with Crippen LogP contribution in [0, 0.1) is 6.92 Å². The van der Waals surface area contributed by atoms with E-state index in [4.69, 9.17) is 5.73 Å². The number of nitrogens with two attached hydrogens (primary N) is 1. The van der Waals surface area contributed by atoms with E-state index in [9.17, 15) is 0 Å². The fraction of sp³-hybridized carbons (Fsp3) is 0.250. The molecule has 0 aliphatic heterocycles. The molecule has 2 aromatic heterocycles. The quantitative estimate of drug-likeness (QED) is 0.830. The largest absolute Gasteiger partial charge is 0.383 e. The van der Waals surface area contributed by atoms with Gasteiger partial charge in [-0.25, -0.2) is 9.97 Å². The number of hydrogen-bond donors (Lipinski definition) is 1. The third-order valence-corrected chi connectivity index (χ3v) is 2.54. The second-order valence-electron chi connectivity index (χ2n) is 3.59. The maximum Gasteiger partial charge on any atom is 0.161 e. The number of rotatable bonds is 2. The second kappa shape index (κ2) is 4.26. The van der Waals surface area contributed by atoms with Gasteiger partial charge in [-0.1, -0.05) is 6.92 Å². The lowest BCUT2D eigenvalue weighted by molar-refractivity contribution is 1.01. The Hall–Kier alpha value is -1.97. The van der Waals surface area contributed by atoms with Gasteiger partial charge in [0.25, 0.3) is 0 Å². The van der Waals surface area contributed by atoms with Crippen LogP contribution in [0.1, 0.15) is 18.2 Å². The number of nitrogen functional groups attached to an aromatic ring is 1. The van der Waals surface area contributed by atoms with Crippen molar-refractivity contribution in [2.45, 2.75) is 20.3 Å². The summed E-state index contributed by atoms with van der Waals surface area (Å²) >= 11 is 0. The lowest BCUT2D eigenvalue weighted by Gasteiger charge is -2.08. The fourth-order valence-electron chi connectivity index (χ4n) is 1.69. The lowest BCUT2D eigenvalue weighted by atomic mass is 10.1. The summed E-state index contributed by atoms with van der Waals surface area (Å²) in [6.45, 7) is 4.01. The third-order valence-electron chi connectivity index (χ3n) is 2.54. The van der Waals surface area contributed by atoms with Crippen molar-refractivity contribution in [2.75, 3.05) is 5.73 Å². The molecular formula is C12H14N4. The van der Waals surface area contributed by atoms with Crippen molar-refractivity contribution in [3.8, 4) is 11.4 Å². The number of anilines is 1. The van der Waals surface area contributed by atoms with Crippen molar-refractivity contribution in [3.05, 3.63) is 35.8 Å². The highest BCUT2D eigenvalue weighted by Crippen LogP contribution is 2.19. The van der Waals surface area contributed by atoms with Gasteiger partial charge in [0.05, 0.1) is 0 Å². The molecule has 0 bridgehead atoms. The predicted molar refractivity (Wildman–Crippen MR) is 63.8 cm³/mol. The fourth-order valence-corrected chi connectivity index (χ4v) is 1.69. The minimum Gasteiger partial charge on any atom is -0.383 e. The molecule has 0 radical (unpaired) electrons. The van der Waals surface area contributed by atoms with Gasteiger partial charge >= 0.3 is 0 Å². The van der Waals surface area contributed by atoms with E-state index < -0.39 is 0 Å². The third kappa shape index (κ3) is 1.86. The predicted octanol–water partition coefficient (Wildman–Crippen LogP) is 1.99. The first-order valence-electron chi connectivity index (χ1n) is 5.25. The summed E-state index contributed by atoms with van der Waals surface area (Å²) in [5.41, 5.74) is 8.81. The van der Waals surface area contributed by atoms with E-state index in [1.807, 2.05) is 26.0 Å². The van der Waals surface area contributed by atoms with Crippen molar-refractivity contribution >= 4 is 5.82 Å². The molecule has 4 heteroatoms. The number of aromatic nitrogens is 3. The Morgan fingerprint density at radius 1 is 1.19 bits per heavy atom. The van der Waals surface area contributed by atoms with E-state index in [2.05, 4.69) is 15.0 Å². The van der Waals surface area contributed by atoms with Gasteiger partial charge in [-0.15, -0.1) is 0 Å². The van der Waals surface area contributed by atoms with Crippen LogP contribution in [0.15, 0.2) is 24.5 Å². The Labute approximate surface area is 94.6 Å². The zero-order valence-corrected chi connectivity index (χ0v) is 9.44. The van der Waals surface area contributed by atoms with Crippen LogP contribution < -0.4 is 5.73 Å². The van der Waals surface area contributed by atoms with Gasteiger partial charge in [-0.05, 0) is 25.5 Å². The summed E-state index contributed by atoms with van der Waals surface area (Å²) in [6.07, 6.45) is 4.30. The minimum atomic E-state index is 0.571. The van der Waals surface area contributed by atoms with E-state index in [1.165, 1.54) is 0 Å². The van der Waals surface area contributed by atoms with E-state index in [0.29, 0.717) is 11.6 Å². The highest BCUT2D eigenvalue weighted by molar-refractivity contribution is 5.57. The van der Waals surface area contributed by atoms with Crippen molar-refractivity contribution in [3.63, 3.8) is 0 Å². The molecule has 0 atom stereocenters. The normalized spacial score (nSPS) is 10.4. The van der Waals surface area contributed by atoms with Gasteiger partial charge in [0, 0.05) is 29.2 Å². The molecule has 2 aromatic rings. The smallest absolute Gasteiger partial charge is 0.161 e. The Morgan fingerprint density at radius 2 is 1.88 bits per heavy atom. The summed E-state index contributed by atoms with van der Waals surface area (Å²) in [6, 6.07) is 3.75. The molecule has 0 spiro atoms. The molecular weight excluding hydrogens is 200 g/mol. The zero-order chi connectivity index (χ0) is 11.5. The first-order chi connectivity index (χ1) is 7.72. The number of aryl methyl sites for hydroxylation is 1. The molecule has 0 amide bonds. The number of nitrogens with zero attached hydrogens (tertiary/aromatic N) is 3. The van der Waals surface area contributed by atoms with Gasteiger partial charge in [0.15, 0.2) is 5.82 Å². The molecule has 16 heavy (non-hydrogen) atoms. The molecule has 0 saturated heterocycles. The summed E-state index contributed by atoms with van der Waals surface area (Å²) < 4.78 is 0. The molecule has 2 N–H and O–H groups in total. The zero-order valence-electron chi connectivity index (χ0n) is 9.44. The first-order valence-corrected chi connectivity index (χ1v) is 5.25. The van der Waals surface area contributed by atoms with Crippen molar-refractivity contribution < 1.29 is 0 Å². The van der Waals surface area contributed by atoms with Crippen molar-refractivity contribution in [2.24, 2.45) is 0 Å². The van der Waals surface area contributed by atoms with Gasteiger partial charge in [0.1, 0.15) is 5.82 Å². The molecule has 0 unspecified atom stereocenters. The molecule has 0 fully saturated rings. The molecule has 82 valence electrons. The van der Waals surface area contributed by atoms with E-state index in [1.54, 1.807) is 12.4 Å². The standard InChI is InChI=1S/C12H14N4/c1-3-10-8(2)15-12(16-11(10)13)9-4-6-14-7-5-9/h4-7H,3H2,1-2H3,(H2,13,15,16). The Balaban J connectivity index is 2.53. The van der Waals surface area contributed by atoms with Crippen LogP contribution in [-0.4, -0.2) is 15.0 Å². The van der Waals surface area contributed by atoms with E-state index in [-0.39, 0.29) is 0 Å². The minimum absolute atomic E-state index is 0.571. The molecule has 4 nitrogen and oxygen atoms in total. The lowest BCUT2D eigenvalue weighted by Crippen LogP contribution is -2.04. The van der Waals surface area contributed by atoms with E-state index in [0.717, 1.165) is 23.2 Å². The second-order valence-corrected chi connectivity index (χ2v) is 3.59. The molecule has 0 aliphatic carbocycles. The van der Waals surface area contributed by atoms with Crippen molar-refractivity contribution in [1.29, 1.82) is 0 Å². The van der Waals surface area contributed by atoms with Gasteiger partial charge in [-0.2, -0.15) is 0 Å². The van der Waals surface area contributed by atoms with Crippen LogP contribution in [0.5, 0.6) is 0 Å². The molecule has 0 saturated carbocycles. The topological polar surface area (TPSA) is 64.7 Å². The highest BCUT2D eigenvalue weighted by Gasteiger charge is 2.08. The number of pyridine rings is 1. The maximum atomic E-state index is 5.90. The number of hydrogen-bond acceptors (Lipinski definition) is 4. The average Bonchev–Trinajstić information content (AvgIpc) is 2.30. The highest BCUT2D eigenvalue weighted by atomic mass is 15.0. The molecule has 2 heterocycles. The Kier molecular flexibility index (Phi) is 2.81. The summed E-state index contributed by atoms with van der Waals surface area (Å²) in [4.78, 5) is 12.7.